The molecule has 2 rings (SSSR count). The van der Waals surface area contributed by atoms with E-state index < -0.39 is 5.60 Å². The minimum atomic E-state index is -0.440. The lowest BCUT2D eigenvalue weighted by Gasteiger charge is -2.27. The van der Waals surface area contributed by atoms with Crippen molar-refractivity contribution in [2.24, 2.45) is 0 Å². The monoisotopic (exact) mass is 287 g/mol. The summed E-state index contributed by atoms with van der Waals surface area (Å²) in [5, 5.41) is 0. The molecule has 1 saturated heterocycles. The van der Waals surface area contributed by atoms with Crippen LogP contribution < -0.4 is 0 Å². The fourth-order valence-corrected chi connectivity index (χ4v) is 2.54. The molecule has 1 aliphatic rings. The van der Waals surface area contributed by atoms with Crippen molar-refractivity contribution >= 4 is 12.2 Å². The lowest BCUT2D eigenvalue weighted by Crippen LogP contribution is -2.39. The predicted octanol–water partition coefficient (Wildman–Crippen LogP) is 4.41. The van der Waals surface area contributed by atoms with Gasteiger partial charge in [-0.3, -0.25) is 0 Å². The van der Waals surface area contributed by atoms with Crippen LogP contribution in [-0.2, 0) is 4.74 Å². The summed E-state index contributed by atoms with van der Waals surface area (Å²) in [6.45, 7) is 8.56. The van der Waals surface area contributed by atoms with Crippen LogP contribution in [0.3, 0.4) is 0 Å². The summed E-state index contributed by atoms with van der Waals surface area (Å²) in [5.74, 6) is 0. The van der Waals surface area contributed by atoms with Crippen LogP contribution in [0.15, 0.2) is 30.3 Å². The Morgan fingerprint density at radius 1 is 1.38 bits per heavy atom. The van der Waals surface area contributed by atoms with Gasteiger partial charge in [0.1, 0.15) is 5.60 Å². The third-order valence-electron chi connectivity index (χ3n) is 3.48. The number of carbonyl (C=O) groups excluding carboxylic acids is 1. The van der Waals surface area contributed by atoms with Crippen molar-refractivity contribution in [1.29, 1.82) is 0 Å². The molecule has 0 radical (unpaired) electrons. The number of amides is 1. The van der Waals surface area contributed by atoms with Crippen molar-refractivity contribution in [2.45, 2.75) is 52.2 Å². The van der Waals surface area contributed by atoms with Gasteiger partial charge in [0, 0.05) is 6.54 Å². The number of ether oxygens (including phenoxy) is 1. The zero-order valence-corrected chi connectivity index (χ0v) is 13.4. The van der Waals surface area contributed by atoms with E-state index in [0.717, 1.165) is 19.4 Å². The number of benzene rings is 1. The molecule has 1 fully saturated rings. The Labute approximate surface area is 127 Å². The average molecular weight is 287 g/mol. The first-order valence-electron chi connectivity index (χ1n) is 7.60. The van der Waals surface area contributed by atoms with Crippen molar-refractivity contribution in [1.82, 2.24) is 4.90 Å². The van der Waals surface area contributed by atoms with Crippen molar-refractivity contribution in [3.05, 3.63) is 41.5 Å². The predicted molar refractivity (Wildman–Crippen MR) is 86.2 cm³/mol. The fraction of sp³-hybridized carbons (Fsp3) is 0.500. The molecule has 0 saturated carbocycles. The van der Waals surface area contributed by atoms with Gasteiger partial charge in [-0.25, -0.2) is 4.79 Å². The van der Waals surface area contributed by atoms with Crippen LogP contribution in [0.2, 0.25) is 0 Å². The molecule has 1 amide bonds. The van der Waals surface area contributed by atoms with Crippen LogP contribution >= 0.6 is 0 Å². The van der Waals surface area contributed by atoms with E-state index in [-0.39, 0.29) is 12.1 Å². The highest BCUT2D eigenvalue weighted by Crippen LogP contribution is 2.22. The van der Waals surface area contributed by atoms with E-state index in [2.05, 4.69) is 43.3 Å². The zero-order valence-electron chi connectivity index (χ0n) is 13.4. The van der Waals surface area contributed by atoms with E-state index in [4.69, 9.17) is 4.74 Å². The first-order valence-corrected chi connectivity index (χ1v) is 7.60. The van der Waals surface area contributed by atoms with Crippen LogP contribution in [-0.4, -0.2) is 29.2 Å². The van der Waals surface area contributed by atoms with Gasteiger partial charge in [0.2, 0.25) is 0 Å². The van der Waals surface area contributed by atoms with Gasteiger partial charge in [-0.2, -0.15) is 0 Å². The van der Waals surface area contributed by atoms with Gasteiger partial charge >= 0.3 is 6.09 Å². The summed E-state index contributed by atoms with van der Waals surface area (Å²) in [6, 6.07) is 8.50. The molecule has 0 aliphatic carbocycles. The number of rotatable bonds is 2. The summed E-state index contributed by atoms with van der Waals surface area (Å²) in [6.07, 6.45) is 6.04. The van der Waals surface area contributed by atoms with Crippen LogP contribution in [0, 0.1) is 6.92 Å². The molecule has 21 heavy (non-hydrogen) atoms. The second-order valence-corrected chi connectivity index (χ2v) is 6.66. The minimum Gasteiger partial charge on any atom is -0.444 e. The second kappa shape index (κ2) is 6.33. The van der Waals surface area contributed by atoms with Gasteiger partial charge in [0.15, 0.2) is 0 Å². The largest absolute Gasteiger partial charge is 0.444 e. The Kier molecular flexibility index (Phi) is 4.71. The maximum atomic E-state index is 12.2. The van der Waals surface area contributed by atoms with E-state index in [1.807, 2.05) is 25.7 Å². The quantitative estimate of drug-likeness (QED) is 0.806. The average Bonchev–Trinajstić information content (AvgIpc) is 2.83. The summed E-state index contributed by atoms with van der Waals surface area (Å²) in [5.41, 5.74) is 1.98. The standard InChI is InChI=1S/C18H25NO2/c1-14-7-5-8-15(13-14)10-11-16-9-6-12-19(16)17(20)21-18(2,3)4/h5,7-8,10-11,13,16H,6,9,12H2,1-4H3/b11-10+/t16-/m1/s1. The topological polar surface area (TPSA) is 29.5 Å². The van der Waals surface area contributed by atoms with Gasteiger partial charge in [-0.15, -0.1) is 0 Å². The molecular formula is C18H25NO2. The summed E-state index contributed by atoms with van der Waals surface area (Å²) in [4.78, 5) is 14.0. The Balaban J connectivity index is 2.03. The van der Waals surface area contributed by atoms with Crippen molar-refractivity contribution in [3.8, 4) is 0 Å². The van der Waals surface area contributed by atoms with E-state index in [9.17, 15) is 4.79 Å². The number of hydrogen-bond donors (Lipinski definition) is 0. The summed E-state index contributed by atoms with van der Waals surface area (Å²) < 4.78 is 5.48. The molecule has 1 aromatic carbocycles. The third-order valence-corrected chi connectivity index (χ3v) is 3.48. The maximum Gasteiger partial charge on any atom is 0.410 e. The number of nitrogens with zero attached hydrogens (tertiary/aromatic N) is 1. The highest BCUT2D eigenvalue weighted by Gasteiger charge is 2.30. The number of likely N-dealkylation sites (tertiary alicyclic amines) is 1. The molecule has 1 heterocycles. The van der Waals surface area contributed by atoms with Crippen LogP contribution in [0.5, 0.6) is 0 Å². The van der Waals surface area contributed by atoms with E-state index >= 15 is 0 Å². The van der Waals surface area contributed by atoms with Crippen molar-refractivity contribution in [2.75, 3.05) is 6.54 Å². The maximum absolute atomic E-state index is 12.2. The molecule has 0 spiro atoms. The van der Waals surface area contributed by atoms with E-state index in [1.165, 1.54) is 11.1 Å². The first kappa shape index (κ1) is 15.6. The molecule has 0 aromatic heterocycles. The molecule has 3 nitrogen and oxygen atoms in total. The second-order valence-electron chi connectivity index (χ2n) is 6.66. The molecular weight excluding hydrogens is 262 g/mol. The van der Waals surface area contributed by atoms with Gasteiger partial charge in [0.25, 0.3) is 0 Å². The molecule has 1 aromatic rings. The lowest BCUT2D eigenvalue weighted by atomic mass is 10.1. The fourth-order valence-electron chi connectivity index (χ4n) is 2.54. The first-order chi connectivity index (χ1) is 9.85. The molecule has 1 atom stereocenters. The molecule has 3 heteroatoms. The minimum absolute atomic E-state index is 0.139. The lowest BCUT2D eigenvalue weighted by molar-refractivity contribution is 0.0256. The van der Waals surface area contributed by atoms with Crippen molar-refractivity contribution in [3.63, 3.8) is 0 Å². The number of carbonyl (C=O) groups is 1. The van der Waals surface area contributed by atoms with Crippen LogP contribution in [0.1, 0.15) is 44.7 Å². The zero-order chi connectivity index (χ0) is 15.5. The number of hydrogen-bond acceptors (Lipinski definition) is 2. The van der Waals surface area contributed by atoms with Gasteiger partial charge in [-0.1, -0.05) is 42.0 Å². The highest BCUT2D eigenvalue weighted by atomic mass is 16.6. The van der Waals surface area contributed by atoms with Crippen LogP contribution in [0.4, 0.5) is 4.79 Å². The molecule has 0 bridgehead atoms. The van der Waals surface area contributed by atoms with Crippen LogP contribution in [0.25, 0.3) is 6.08 Å². The summed E-state index contributed by atoms with van der Waals surface area (Å²) in [7, 11) is 0. The van der Waals surface area contributed by atoms with Crippen molar-refractivity contribution < 1.29 is 9.53 Å². The molecule has 1 aliphatic heterocycles. The normalized spacial score (nSPS) is 19.2. The number of aryl methyl sites for hydroxylation is 1. The third kappa shape index (κ3) is 4.62. The summed E-state index contributed by atoms with van der Waals surface area (Å²) >= 11 is 0. The molecule has 0 unspecified atom stereocenters. The highest BCUT2D eigenvalue weighted by molar-refractivity contribution is 5.69. The Morgan fingerprint density at radius 2 is 2.14 bits per heavy atom. The SMILES string of the molecule is Cc1cccc(/C=C/[C@H]2CCCN2C(=O)OC(C)(C)C)c1. The van der Waals surface area contributed by atoms with E-state index in [1.54, 1.807) is 0 Å². The molecule has 0 N–H and O–H groups in total. The Morgan fingerprint density at radius 3 is 2.81 bits per heavy atom. The van der Waals surface area contributed by atoms with E-state index in [0.29, 0.717) is 0 Å². The Bertz CT molecular complexity index is 528. The Hall–Kier alpha value is -1.77. The molecule has 114 valence electrons. The van der Waals surface area contributed by atoms with Gasteiger partial charge in [0.05, 0.1) is 6.04 Å². The van der Waals surface area contributed by atoms with Gasteiger partial charge < -0.3 is 9.64 Å². The van der Waals surface area contributed by atoms with Gasteiger partial charge in [-0.05, 0) is 46.1 Å². The smallest absolute Gasteiger partial charge is 0.410 e.